The number of cyclic esters (lactones) is 1. The number of hydrogen-bond donors (Lipinski definition) is 0. The summed E-state index contributed by atoms with van der Waals surface area (Å²) in [6.07, 6.45) is 1.11. The minimum atomic E-state index is -0.416. The number of rotatable bonds is 2. The highest BCUT2D eigenvalue weighted by Crippen LogP contribution is 2.24. The molecule has 1 aliphatic heterocycles. The maximum atomic E-state index is 11.6. The Morgan fingerprint density at radius 1 is 1.62 bits per heavy atom. The Morgan fingerprint density at radius 3 is 3.00 bits per heavy atom. The molecule has 1 unspecified atom stereocenters. The van der Waals surface area contributed by atoms with Gasteiger partial charge in [-0.1, -0.05) is 25.4 Å². The van der Waals surface area contributed by atoms with Gasteiger partial charge in [-0.2, -0.15) is 0 Å². The van der Waals surface area contributed by atoms with Crippen molar-refractivity contribution in [1.29, 1.82) is 0 Å². The Labute approximate surface area is 98.4 Å². The summed E-state index contributed by atoms with van der Waals surface area (Å²) in [5, 5.41) is 0.312. The van der Waals surface area contributed by atoms with Crippen molar-refractivity contribution in [2.45, 2.75) is 19.9 Å². The Hall–Kier alpha value is -1.36. The molecular formula is C10H12ClN3O2. The van der Waals surface area contributed by atoms with Gasteiger partial charge in [0.15, 0.2) is 0 Å². The summed E-state index contributed by atoms with van der Waals surface area (Å²) in [5.74, 6) is 0.572. The standard InChI is InChI=1S/C10H12ClN3O2/c1-6(2)7-5-16-10(15)14(7)9-12-4-3-8(11)13-9/h3-4,6-7H,5H2,1-2H3. The van der Waals surface area contributed by atoms with Crippen LogP contribution in [0.15, 0.2) is 12.3 Å². The lowest BCUT2D eigenvalue weighted by atomic mass is 10.1. The zero-order chi connectivity index (χ0) is 11.7. The molecule has 1 saturated heterocycles. The number of hydrogen-bond acceptors (Lipinski definition) is 4. The Balaban J connectivity index is 2.33. The summed E-state index contributed by atoms with van der Waals surface area (Å²) in [6, 6.07) is 1.53. The van der Waals surface area contributed by atoms with Crippen LogP contribution in [0.3, 0.4) is 0 Å². The van der Waals surface area contributed by atoms with Crippen LogP contribution in [0.25, 0.3) is 0 Å². The van der Waals surface area contributed by atoms with E-state index < -0.39 is 6.09 Å². The average Bonchev–Trinajstić information content (AvgIpc) is 2.60. The van der Waals surface area contributed by atoms with E-state index in [1.807, 2.05) is 13.8 Å². The van der Waals surface area contributed by atoms with E-state index >= 15 is 0 Å². The second-order valence-electron chi connectivity index (χ2n) is 3.94. The second-order valence-corrected chi connectivity index (χ2v) is 4.32. The van der Waals surface area contributed by atoms with Crippen molar-refractivity contribution >= 4 is 23.6 Å². The first-order chi connectivity index (χ1) is 7.59. The molecule has 0 aromatic carbocycles. The molecule has 16 heavy (non-hydrogen) atoms. The van der Waals surface area contributed by atoms with E-state index in [0.29, 0.717) is 17.7 Å². The Kier molecular flexibility index (Phi) is 2.96. The van der Waals surface area contributed by atoms with Crippen molar-refractivity contribution in [1.82, 2.24) is 9.97 Å². The van der Waals surface area contributed by atoms with Gasteiger partial charge in [0.1, 0.15) is 11.8 Å². The van der Waals surface area contributed by atoms with Crippen LogP contribution in [0.4, 0.5) is 10.7 Å². The Bertz CT molecular complexity index is 411. The van der Waals surface area contributed by atoms with Gasteiger partial charge >= 0.3 is 6.09 Å². The molecule has 1 amide bonds. The smallest absolute Gasteiger partial charge is 0.417 e. The summed E-state index contributed by atoms with van der Waals surface area (Å²) >= 11 is 5.77. The number of halogens is 1. The summed E-state index contributed by atoms with van der Waals surface area (Å²) in [5.41, 5.74) is 0. The summed E-state index contributed by atoms with van der Waals surface area (Å²) in [6.45, 7) is 4.40. The van der Waals surface area contributed by atoms with E-state index in [1.165, 1.54) is 11.1 Å². The van der Waals surface area contributed by atoms with Crippen LogP contribution in [-0.4, -0.2) is 28.7 Å². The van der Waals surface area contributed by atoms with Crippen LogP contribution in [0.1, 0.15) is 13.8 Å². The molecule has 1 aliphatic rings. The van der Waals surface area contributed by atoms with E-state index in [0.717, 1.165) is 0 Å². The highest BCUT2D eigenvalue weighted by molar-refractivity contribution is 6.29. The highest BCUT2D eigenvalue weighted by atomic mass is 35.5. The molecular weight excluding hydrogens is 230 g/mol. The first kappa shape index (κ1) is 11.1. The highest BCUT2D eigenvalue weighted by Gasteiger charge is 2.37. The molecule has 1 aromatic rings. The van der Waals surface area contributed by atoms with Gasteiger partial charge < -0.3 is 4.74 Å². The van der Waals surface area contributed by atoms with Crippen LogP contribution >= 0.6 is 11.6 Å². The third-order valence-electron chi connectivity index (χ3n) is 2.50. The third kappa shape index (κ3) is 1.95. The van der Waals surface area contributed by atoms with Crippen LogP contribution in [0, 0.1) is 5.92 Å². The molecule has 1 aromatic heterocycles. The molecule has 2 heterocycles. The quantitative estimate of drug-likeness (QED) is 0.745. The van der Waals surface area contributed by atoms with E-state index in [4.69, 9.17) is 16.3 Å². The lowest BCUT2D eigenvalue weighted by Crippen LogP contribution is -2.38. The first-order valence-electron chi connectivity index (χ1n) is 5.04. The topological polar surface area (TPSA) is 55.3 Å². The summed E-state index contributed by atoms with van der Waals surface area (Å²) < 4.78 is 5.00. The molecule has 5 nitrogen and oxygen atoms in total. The van der Waals surface area contributed by atoms with E-state index in [2.05, 4.69) is 9.97 Å². The largest absolute Gasteiger partial charge is 0.447 e. The second kappa shape index (κ2) is 4.25. The number of amides is 1. The maximum absolute atomic E-state index is 11.6. The zero-order valence-electron chi connectivity index (χ0n) is 9.05. The third-order valence-corrected chi connectivity index (χ3v) is 2.71. The number of aromatic nitrogens is 2. The van der Waals surface area contributed by atoms with Gasteiger partial charge in [-0.05, 0) is 12.0 Å². The fourth-order valence-electron chi connectivity index (χ4n) is 1.60. The van der Waals surface area contributed by atoms with Crippen LogP contribution in [-0.2, 0) is 4.74 Å². The van der Waals surface area contributed by atoms with Gasteiger partial charge in [0.25, 0.3) is 0 Å². The van der Waals surface area contributed by atoms with Gasteiger partial charge in [0.05, 0.1) is 6.04 Å². The normalized spacial score (nSPS) is 20.4. The van der Waals surface area contributed by atoms with E-state index in [9.17, 15) is 4.79 Å². The predicted molar refractivity (Wildman–Crippen MR) is 59.5 cm³/mol. The van der Waals surface area contributed by atoms with Gasteiger partial charge in [-0.25, -0.2) is 19.7 Å². The van der Waals surface area contributed by atoms with Crippen molar-refractivity contribution in [2.75, 3.05) is 11.5 Å². The van der Waals surface area contributed by atoms with Crippen LogP contribution < -0.4 is 4.90 Å². The van der Waals surface area contributed by atoms with Crippen molar-refractivity contribution in [3.8, 4) is 0 Å². The lowest BCUT2D eigenvalue weighted by molar-refractivity contribution is 0.177. The van der Waals surface area contributed by atoms with Gasteiger partial charge in [0, 0.05) is 6.20 Å². The van der Waals surface area contributed by atoms with Gasteiger partial charge in [-0.3, -0.25) is 0 Å². The molecule has 0 N–H and O–H groups in total. The number of carbonyl (C=O) groups is 1. The molecule has 6 heteroatoms. The molecule has 0 radical (unpaired) electrons. The number of nitrogens with zero attached hydrogens (tertiary/aromatic N) is 3. The summed E-state index contributed by atoms with van der Waals surface area (Å²) in [4.78, 5) is 21.1. The number of carbonyl (C=O) groups excluding carboxylic acids is 1. The van der Waals surface area contributed by atoms with Crippen molar-refractivity contribution in [3.05, 3.63) is 17.4 Å². The lowest BCUT2D eigenvalue weighted by Gasteiger charge is -2.22. The molecule has 0 saturated carbocycles. The average molecular weight is 242 g/mol. The van der Waals surface area contributed by atoms with Gasteiger partial charge in [0.2, 0.25) is 5.95 Å². The summed E-state index contributed by atoms with van der Waals surface area (Å²) in [7, 11) is 0. The van der Waals surface area contributed by atoms with Crippen molar-refractivity contribution in [3.63, 3.8) is 0 Å². The van der Waals surface area contributed by atoms with Gasteiger partial charge in [-0.15, -0.1) is 0 Å². The Morgan fingerprint density at radius 2 is 2.38 bits per heavy atom. The molecule has 2 rings (SSSR count). The van der Waals surface area contributed by atoms with Crippen molar-refractivity contribution in [2.24, 2.45) is 5.92 Å². The molecule has 1 fully saturated rings. The minimum Gasteiger partial charge on any atom is -0.447 e. The fourth-order valence-corrected chi connectivity index (χ4v) is 1.73. The monoisotopic (exact) mass is 241 g/mol. The number of anilines is 1. The van der Waals surface area contributed by atoms with E-state index in [1.54, 1.807) is 6.07 Å². The van der Waals surface area contributed by atoms with E-state index in [-0.39, 0.29) is 12.0 Å². The molecule has 0 bridgehead atoms. The predicted octanol–water partition coefficient (Wildman–Crippen LogP) is 2.11. The molecule has 0 spiro atoms. The number of ether oxygens (including phenoxy) is 1. The molecule has 86 valence electrons. The minimum absolute atomic E-state index is 0.0361. The van der Waals surface area contributed by atoms with Crippen molar-refractivity contribution < 1.29 is 9.53 Å². The zero-order valence-corrected chi connectivity index (χ0v) is 9.81. The fraction of sp³-hybridized carbons (Fsp3) is 0.500. The molecule has 1 atom stereocenters. The SMILES string of the molecule is CC(C)C1COC(=O)N1c1nccc(Cl)n1. The first-order valence-corrected chi connectivity index (χ1v) is 5.42. The molecule has 0 aliphatic carbocycles. The van der Waals surface area contributed by atoms with Crippen LogP contribution in [0.2, 0.25) is 5.15 Å². The maximum Gasteiger partial charge on any atom is 0.417 e. The van der Waals surface area contributed by atoms with Crippen LogP contribution in [0.5, 0.6) is 0 Å².